The van der Waals surface area contributed by atoms with E-state index in [2.05, 4.69) is 6.07 Å². The normalized spacial score (nSPS) is 24.8. The Hall–Kier alpha value is -1.53. The van der Waals surface area contributed by atoms with Gasteiger partial charge in [-0.25, -0.2) is 0 Å². The second-order valence-corrected chi connectivity index (χ2v) is 4.18. The van der Waals surface area contributed by atoms with Crippen molar-refractivity contribution in [2.24, 2.45) is 0 Å². The molecule has 1 aliphatic rings. The predicted molar refractivity (Wildman–Crippen MR) is 60.0 cm³/mol. The molecule has 0 spiro atoms. The van der Waals surface area contributed by atoms with Crippen molar-refractivity contribution in [3.63, 3.8) is 0 Å². The molecule has 0 bridgehead atoms. The SMILES string of the molecule is N#Cc1ccc(OC2CCC(O)CC2)cc1. The first-order valence-corrected chi connectivity index (χ1v) is 5.63. The molecule has 1 aromatic rings. The Morgan fingerprint density at radius 3 is 2.31 bits per heavy atom. The van der Waals surface area contributed by atoms with Gasteiger partial charge in [-0.2, -0.15) is 5.26 Å². The molecule has 84 valence electrons. The van der Waals surface area contributed by atoms with Crippen LogP contribution in [0.3, 0.4) is 0 Å². The lowest BCUT2D eigenvalue weighted by Crippen LogP contribution is -2.26. The zero-order chi connectivity index (χ0) is 11.4. The molecule has 16 heavy (non-hydrogen) atoms. The predicted octanol–water partition coefficient (Wildman–Crippen LogP) is 2.24. The zero-order valence-corrected chi connectivity index (χ0v) is 9.10. The summed E-state index contributed by atoms with van der Waals surface area (Å²) in [6.07, 6.45) is 3.50. The molecule has 0 amide bonds. The summed E-state index contributed by atoms with van der Waals surface area (Å²) in [6, 6.07) is 9.23. The van der Waals surface area contributed by atoms with E-state index < -0.39 is 0 Å². The minimum Gasteiger partial charge on any atom is -0.490 e. The number of hydrogen-bond donors (Lipinski definition) is 1. The fourth-order valence-corrected chi connectivity index (χ4v) is 1.96. The van der Waals surface area contributed by atoms with Crippen LogP contribution in [-0.4, -0.2) is 17.3 Å². The van der Waals surface area contributed by atoms with Gasteiger partial charge in [0.25, 0.3) is 0 Å². The molecular formula is C13H15NO2. The van der Waals surface area contributed by atoms with E-state index in [-0.39, 0.29) is 12.2 Å². The van der Waals surface area contributed by atoms with Crippen LogP contribution in [-0.2, 0) is 0 Å². The number of hydrogen-bond acceptors (Lipinski definition) is 3. The van der Waals surface area contributed by atoms with Crippen LogP contribution in [0.15, 0.2) is 24.3 Å². The van der Waals surface area contributed by atoms with Crippen molar-refractivity contribution in [3.8, 4) is 11.8 Å². The van der Waals surface area contributed by atoms with Gasteiger partial charge in [-0.05, 0) is 49.9 Å². The summed E-state index contributed by atoms with van der Waals surface area (Å²) in [5, 5.41) is 18.0. The van der Waals surface area contributed by atoms with Crippen LogP contribution in [0.4, 0.5) is 0 Å². The van der Waals surface area contributed by atoms with Crippen LogP contribution < -0.4 is 4.74 Å². The quantitative estimate of drug-likeness (QED) is 0.826. The molecule has 1 aliphatic carbocycles. The molecule has 0 saturated heterocycles. The third kappa shape index (κ3) is 2.74. The maximum atomic E-state index is 9.37. The summed E-state index contributed by atoms with van der Waals surface area (Å²) >= 11 is 0. The Morgan fingerprint density at radius 2 is 1.75 bits per heavy atom. The summed E-state index contributed by atoms with van der Waals surface area (Å²) in [6.45, 7) is 0. The van der Waals surface area contributed by atoms with E-state index in [0.717, 1.165) is 31.4 Å². The summed E-state index contributed by atoms with van der Waals surface area (Å²) in [7, 11) is 0. The van der Waals surface area contributed by atoms with Crippen molar-refractivity contribution in [1.82, 2.24) is 0 Å². The van der Waals surface area contributed by atoms with E-state index in [1.165, 1.54) is 0 Å². The number of nitriles is 1. The van der Waals surface area contributed by atoms with Crippen LogP contribution in [0.25, 0.3) is 0 Å². The van der Waals surface area contributed by atoms with Crippen LogP contribution in [0.2, 0.25) is 0 Å². The molecule has 0 unspecified atom stereocenters. The van der Waals surface area contributed by atoms with Crippen molar-refractivity contribution < 1.29 is 9.84 Å². The molecule has 0 heterocycles. The van der Waals surface area contributed by atoms with Gasteiger partial charge in [-0.1, -0.05) is 0 Å². The van der Waals surface area contributed by atoms with E-state index in [0.29, 0.717) is 5.56 Å². The van der Waals surface area contributed by atoms with Gasteiger partial charge in [0.1, 0.15) is 5.75 Å². The van der Waals surface area contributed by atoms with Crippen molar-refractivity contribution in [1.29, 1.82) is 5.26 Å². The van der Waals surface area contributed by atoms with Crippen LogP contribution in [0.5, 0.6) is 5.75 Å². The maximum Gasteiger partial charge on any atom is 0.119 e. The lowest BCUT2D eigenvalue weighted by Gasteiger charge is -2.26. The van der Waals surface area contributed by atoms with Crippen LogP contribution >= 0.6 is 0 Å². The lowest BCUT2D eigenvalue weighted by atomic mass is 9.95. The minimum atomic E-state index is -0.152. The van der Waals surface area contributed by atoms with E-state index in [1.54, 1.807) is 12.1 Å². The van der Waals surface area contributed by atoms with E-state index in [4.69, 9.17) is 10.00 Å². The second kappa shape index (κ2) is 5.00. The van der Waals surface area contributed by atoms with Gasteiger partial charge in [-0.15, -0.1) is 0 Å². The lowest BCUT2D eigenvalue weighted by molar-refractivity contribution is 0.0666. The van der Waals surface area contributed by atoms with Gasteiger partial charge in [-0.3, -0.25) is 0 Å². The molecule has 1 N–H and O–H groups in total. The molecule has 3 nitrogen and oxygen atoms in total. The second-order valence-electron chi connectivity index (χ2n) is 4.18. The van der Waals surface area contributed by atoms with Gasteiger partial charge < -0.3 is 9.84 Å². The Morgan fingerprint density at radius 1 is 1.12 bits per heavy atom. The molecule has 0 radical (unpaired) electrons. The molecule has 3 heteroatoms. The molecule has 1 aromatic carbocycles. The van der Waals surface area contributed by atoms with Crippen molar-refractivity contribution in [3.05, 3.63) is 29.8 Å². The van der Waals surface area contributed by atoms with Gasteiger partial charge in [0.05, 0.1) is 23.8 Å². The number of aliphatic hydroxyl groups is 1. The Kier molecular flexibility index (Phi) is 3.43. The van der Waals surface area contributed by atoms with Crippen LogP contribution in [0.1, 0.15) is 31.2 Å². The number of ether oxygens (including phenoxy) is 1. The standard InChI is InChI=1S/C13H15NO2/c14-9-10-1-5-12(6-2-10)16-13-7-3-11(15)4-8-13/h1-2,5-6,11,13,15H,3-4,7-8H2. The first kappa shape index (κ1) is 11.0. The average molecular weight is 217 g/mol. The molecule has 0 aliphatic heterocycles. The number of rotatable bonds is 2. The topological polar surface area (TPSA) is 53.2 Å². The summed E-state index contributed by atoms with van der Waals surface area (Å²) < 4.78 is 5.78. The number of benzene rings is 1. The van der Waals surface area contributed by atoms with Gasteiger partial charge in [0.2, 0.25) is 0 Å². The zero-order valence-electron chi connectivity index (χ0n) is 9.10. The highest BCUT2D eigenvalue weighted by Gasteiger charge is 2.20. The van der Waals surface area contributed by atoms with E-state index >= 15 is 0 Å². The van der Waals surface area contributed by atoms with Gasteiger partial charge >= 0.3 is 0 Å². The maximum absolute atomic E-state index is 9.37. The van der Waals surface area contributed by atoms with Crippen molar-refractivity contribution in [2.75, 3.05) is 0 Å². The van der Waals surface area contributed by atoms with Gasteiger partial charge in [0, 0.05) is 0 Å². The number of nitrogens with zero attached hydrogens (tertiary/aromatic N) is 1. The number of aliphatic hydroxyl groups excluding tert-OH is 1. The Balaban J connectivity index is 1.91. The fraction of sp³-hybridized carbons (Fsp3) is 0.462. The van der Waals surface area contributed by atoms with E-state index in [1.807, 2.05) is 12.1 Å². The highest BCUT2D eigenvalue weighted by Crippen LogP contribution is 2.23. The molecular weight excluding hydrogens is 202 g/mol. The first-order valence-electron chi connectivity index (χ1n) is 5.63. The monoisotopic (exact) mass is 217 g/mol. The largest absolute Gasteiger partial charge is 0.490 e. The highest BCUT2D eigenvalue weighted by atomic mass is 16.5. The summed E-state index contributed by atoms with van der Waals surface area (Å²) in [4.78, 5) is 0. The van der Waals surface area contributed by atoms with Crippen molar-refractivity contribution in [2.45, 2.75) is 37.9 Å². The van der Waals surface area contributed by atoms with Crippen molar-refractivity contribution >= 4 is 0 Å². The highest BCUT2D eigenvalue weighted by molar-refractivity contribution is 5.34. The van der Waals surface area contributed by atoms with E-state index in [9.17, 15) is 5.11 Å². The van der Waals surface area contributed by atoms with Gasteiger partial charge in [0.15, 0.2) is 0 Å². The summed E-state index contributed by atoms with van der Waals surface area (Å²) in [5.74, 6) is 0.806. The molecule has 1 fully saturated rings. The van der Waals surface area contributed by atoms with Crippen LogP contribution in [0, 0.1) is 11.3 Å². The fourth-order valence-electron chi connectivity index (χ4n) is 1.96. The third-order valence-electron chi connectivity index (χ3n) is 2.93. The Labute approximate surface area is 95.3 Å². The summed E-state index contributed by atoms with van der Waals surface area (Å²) in [5.41, 5.74) is 0.645. The first-order chi connectivity index (χ1) is 7.78. The smallest absolute Gasteiger partial charge is 0.119 e. The minimum absolute atomic E-state index is 0.152. The Bertz CT molecular complexity index is 372. The molecule has 2 rings (SSSR count). The molecule has 1 saturated carbocycles. The average Bonchev–Trinajstić information content (AvgIpc) is 2.33. The molecule has 0 atom stereocenters. The third-order valence-corrected chi connectivity index (χ3v) is 2.93. The molecule has 0 aromatic heterocycles.